The number of nitrogens with one attached hydrogen (secondary N) is 2. The first-order chi connectivity index (χ1) is 12.4. The molecule has 1 aliphatic rings. The molecule has 148 valence electrons. The number of nitrogens with zero attached hydrogens (tertiary/aromatic N) is 2. The highest BCUT2D eigenvalue weighted by Gasteiger charge is 2.33. The van der Waals surface area contributed by atoms with Crippen LogP contribution in [0.15, 0.2) is 10.4 Å². The summed E-state index contributed by atoms with van der Waals surface area (Å²) in [5, 5.41) is 7.81. The van der Waals surface area contributed by atoms with Crippen molar-refractivity contribution in [1.29, 1.82) is 0 Å². The van der Waals surface area contributed by atoms with Crippen LogP contribution in [-0.4, -0.2) is 56.0 Å². The van der Waals surface area contributed by atoms with Gasteiger partial charge >= 0.3 is 6.18 Å². The number of halogens is 3. The van der Waals surface area contributed by atoms with Crippen molar-refractivity contribution in [3.63, 3.8) is 0 Å². The molecule has 0 aromatic carbocycles. The Kier molecular flexibility index (Phi) is 8.11. The van der Waals surface area contributed by atoms with Crippen LogP contribution < -0.4 is 10.6 Å². The van der Waals surface area contributed by atoms with Gasteiger partial charge in [-0.05, 0) is 20.3 Å². The Morgan fingerprint density at radius 1 is 1.54 bits per heavy atom. The van der Waals surface area contributed by atoms with E-state index in [4.69, 9.17) is 9.47 Å². The molecule has 2 heterocycles. The van der Waals surface area contributed by atoms with Crippen molar-refractivity contribution in [3.8, 4) is 0 Å². The number of aliphatic imine (C=N–C) groups is 1. The van der Waals surface area contributed by atoms with Crippen molar-refractivity contribution in [2.75, 3.05) is 32.9 Å². The lowest BCUT2D eigenvalue weighted by Gasteiger charge is -2.19. The van der Waals surface area contributed by atoms with E-state index >= 15 is 0 Å². The summed E-state index contributed by atoms with van der Waals surface area (Å²) in [7, 11) is 0. The number of alkyl halides is 3. The number of ether oxygens (including phenoxy) is 2. The van der Waals surface area contributed by atoms with Crippen LogP contribution in [0.1, 0.15) is 31.0 Å². The molecule has 6 nitrogen and oxygen atoms in total. The molecule has 0 bridgehead atoms. The minimum atomic E-state index is -4.39. The second kappa shape index (κ2) is 10.1. The van der Waals surface area contributed by atoms with E-state index in [0.29, 0.717) is 43.7 Å². The zero-order chi connectivity index (χ0) is 19.0. The lowest BCUT2D eigenvalue weighted by atomic mass is 10.3. The number of guanidine groups is 1. The predicted molar refractivity (Wildman–Crippen MR) is 94.6 cm³/mol. The zero-order valence-corrected chi connectivity index (χ0v) is 15.8. The van der Waals surface area contributed by atoms with Crippen molar-refractivity contribution in [1.82, 2.24) is 15.6 Å². The van der Waals surface area contributed by atoms with E-state index in [1.807, 2.05) is 13.8 Å². The first-order valence-electron chi connectivity index (χ1n) is 8.64. The molecule has 1 aromatic rings. The molecule has 10 heteroatoms. The predicted octanol–water partition coefficient (Wildman–Crippen LogP) is 2.45. The Labute approximate surface area is 155 Å². The monoisotopic (exact) mass is 394 g/mol. The van der Waals surface area contributed by atoms with E-state index in [9.17, 15) is 13.2 Å². The topological polar surface area (TPSA) is 67.8 Å². The van der Waals surface area contributed by atoms with E-state index < -0.39 is 11.9 Å². The molecular formula is C16H25F3N4O2S. The molecular weight excluding hydrogens is 369 g/mol. The molecule has 2 atom stereocenters. The maximum absolute atomic E-state index is 12.6. The number of thiazole rings is 1. The van der Waals surface area contributed by atoms with Crippen LogP contribution in [0.25, 0.3) is 0 Å². The molecule has 2 N–H and O–H groups in total. The van der Waals surface area contributed by atoms with Gasteiger partial charge in [0.2, 0.25) is 0 Å². The van der Waals surface area contributed by atoms with E-state index in [1.54, 1.807) is 0 Å². The first kappa shape index (κ1) is 20.9. The van der Waals surface area contributed by atoms with Gasteiger partial charge in [-0.3, -0.25) is 4.99 Å². The van der Waals surface area contributed by atoms with Crippen molar-refractivity contribution in [2.45, 2.75) is 45.0 Å². The number of hydrogen-bond acceptors (Lipinski definition) is 5. The Hall–Kier alpha value is -1.39. The van der Waals surface area contributed by atoms with E-state index in [2.05, 4.69) is 20.6 Å². The lowest BCUT2D eigenvalue weighted by Crippen LogP contribution is -2.44. The molecule has 0 amide bonds. The lowest BCUT2D eigenvalue weighted by molar-refractivity contribution is -0.140. The summed E-state index contributed by atoms with van der Waals surface area (Å²) in [5.74, 6) is 0.610. The van der Waals surface area contributed by atoms with Crippen molar-refractivity contribution in [3.05, 3.63) is 16.1 Å². The summed E-state index contributed by atoms with van der Waals surface area (Å²) in [6.07, 6.45) is -2.98. The van der Waals surface area contributed by atoms with Crippen LogP contribution in [-0.2, 0) is 22.1 Å². The second-order valence-corrected chi connectivity index (χ2v) is 6.94. The van der Waals surface area contributed by atoms with Gasteiger partial charge in [-0.15, -0.1) is 11.3 Å². The fourth-order valence-corrected chi connectivity index (χ4v) is 3.13. The first-order valence-corrected chi connectivity index (χ1v) is 9.52. The minimum absolute atomic E-state index is 0.0464. The molecule has 1 fully saturated rings. The van der Waals surface area contributed by atoms with E-state index in [0.717, 1.165) is 29.7 Å². The van der Waals surface area contributed by atoms with Crippen LogP contribution in [0.4, 0.5) is 13.2 Å². The molecule has 1 aromatic heterocycles. The highest BCUT2D eigenvalue weighted by atomic mass is 32.1. The van der Waals surface area contributed by atoms with Crippen molar-refractivity contribution in [2.24, 2.45) is 4.99 Å². The van der Waals surface area contributed by atoms with Gasteiger partial charge in [0, 0.05) is 37.5 Å². The van der Waals surface area contributed by atoms with Gasteiger partial charge in [0.05, 0.1) is 24.3 Å². The average Bonchev–Trinajstić information content (AvgIpc) is 3.24. The highest BCUT2D eigenvalue weighted by Crippen LogP contribution is 2.30. The van der Waals surface area contributed by atoms with Gasteiger partial charge in [-0.2, -0.15) is 13.2 Å². The van der Waals surface area contributed by atoms with E-state index in [1.165, 1.54) is 0 Å². The Balaban J connectivity index is 1.78. The third-order valence-electron chi connectivity index (χ3n) is 3.63. The number of hydrogen-bond donors (Lipinski definition) is 2. The Morgan fingerprint density at radius 3 is 2.96 bits per heavy atom. The maximum Gasteiger partial charge on any atom is 0.434 e. The summed E-state index contributed by atoms with van der Waals surface area (Å²) in [6, 6.07) is 0.0464. The fraction of sp³-hybridized carbons (Fsp3) is 0.750. The van der Waals surface area contributed by atoms with Crippen molar-refractivity contribution < 1.29 is 22.6 Å². The SMILES string of the molecule is CCNC(=NCCc1nc(C(F)(F)F)cs1)NC(C)COC1CCOC1. The van der Waals surface area contributed by atoms with Gasteiger partial charge < -0.3 is 20.1 Å². The smallest absolute Gasteiger partial charge is 0.379 e. The summed E-state index contributed by atoms with van der Waals surface area (Å²) >= 11 is 1.00. The Morgan fingerprint density at radius 2 is 2.35 bits per heavy atom. The molecule has 1 saturated heterocycles. The molecule has 0 spiro atoms. The maximum atomic E-state index is 12.6. The molecule has 0 aliphatic carbocycles. The van der Waals surface area contributed by atoms with Gasteiger partial charge in [0.25, 0.3) is 0 Å². The molecule has 2 unspecified atom stereocenters. The molecule has 0 radical (unpaired) electrons. The fourth-order valence-electron chi connectivity index (χ4n) is 2.34. The Bertz CT molecular complexity index is 574. The zero-order valence-electron chi connectivity index (χ0n) is 14.9. The third kappa shape index (κ3) is 7.08. The van der Waals surface area contributed by atoms with Crippen LogP contribution >= 0.6 is 11.3 Å². The molecule has 1 aliphatic heterocycles. The third-order valence-corrected chi connectivity index (χ3v) is 4.54. The van der Waals surface area contributed by atoms with Crippen LogP contribution in [0.5, 0.6) is 0 Å². The summed E-state index contributed by atoms with van der Waals surface area (Å²) in [4.78, 5) is 8.01. The molecule has 26 heavy (non-hydrogen) atoms. The molecule has 0 saturated carbocycles. The van der Waals surface area contributed by atoms with Crippen LogP contribution in [0, 0.1) is 0 Å². The van der Waals surface area contributed by atoms with Crippen LogP contribution in [0.2, 0.25) is 0 Å². The van der Waals surface area contributed by atoms with Crippen LogP contribution in [0.3, 0.4) is 0 Å². The van der Waals surface area contributed by atoms with Gasteiger partial charge in [-0.1, -0.05) is 0 Å². The summed E-state index contributed by atoms with van der Waals surface area (Å²) < 4.78 is 48.7. The second-order valence-electron chi connectivity index (χ2n) is 6.00. The summed E-state index contributed by atoms with van der Waals surface area (Å²) in [6.45, 7) is 6.87. The molecule has 2 rings (SSSR count). The quantitative estimate of drug-likeness (QED) is 0.524. The minimum Gasteiger partial charge on any atom is -0.379 e. The van der Waals surface area contributed by atoms with Crippen molar-refractivity contribution >= 4 is 17.3 Å². The van der Waals surface area contributed by atoms with E-state index in [-0.39, 0.29) is 12.1 Å². The normalized spacial score (nSPS) is 19.6. The van der Waals surface area contributed by atoms with Gasteiger partial charge in [0.15, 0.2) is 11.7 Å². The van der Waals surface area contributed by atoms with Gasteiger partial charge in [-0.25, -0.2) is 4.98 Å². The number of aromatic nitrogens is 1. The highest BCUT2D eigenvalue weighted by molar-refractivity contribution is 7.09. The summed E-state index contributed by atoms with van der Waals surface area (Å²) in [5.41, 5.74) is -0.840. The van der Waals surface area contributed by atoms with Gasteiger partial charge in [0.1, 0.15) is 0 Å². The largest absolute Gasteiger partial charge is 0.434 e. The number of rotatable bonds is 8. The average molecular weight is 394 g/mol. The standard InChI is InChI=1S/C16H25F3N4O2S/c1-3-20-15(22-11(2)8-25-12-5-7-24-9-12)21-6-4-14-23-13(10-26-14)16(17,18)19/h10-12H,3-9H2,1-2H3,(H2,20,21,22).